The van der Waals surface area contributed by atoms with E-state index < -0.39 is 30.3 Å². The maximum Gasteiger partial charge on any atom is 0.573 e. The van der Waals surface area contributed by atoms with Gasteiger partial charge in [0, 0.05) is 69.6 Å². The fraction of sp³-hybridized carbons (Fsp3) is 0.526. The second-order valence-electron chi connectivity index (χ2n) is 14.4. The molecule has 0 aliphatic carbocycles. The minimum absolute atomic E-state index is 0.186. The number of hydrogen-bond acceptors (Lipinski definition) is 9. The van der Waals surface area contributed by atoms with Crippen LogP contribution in [-0.2, 0) is 14.3 Å². The molecule has 55 heavy (non-hydrogen) atoms. The normalized spacial score (nSPS) is 20.4. The van der Waals surface area contributed by atoms with E-state index in [-0.39, 0.29) is 35.2 Å². The molecule has 0 spiro atoms. The van der Waals surface area contributed by atoms with Gasteiger partial charge in [0.05, 0.1) is 31.1 Å². The molecule has 6 rings (SSSR count). The zero-order valence-corrected chi connectivity index (χ0v) is 31.4. The third-order valence-electron chi connectivity index (χ3n) is 10.6. The monoisotopic (exact) mass is 770 g/mol. The minimum atomic E-state index is -4.96. The highest BCUT2D eigenvalue weighted by Gasteiger charge is 2.42. The smallest absolute Gasteiger partial charge is 0.453 e. The minimum Gasteiger partial charge on any atom is -0.453 e. The lowest BCUT2D eigenvalue weighted by Gasteiger charge is -2.40. The zero-order chi connectivity index (χ0) is 39.3. The van der Waals surface area contributed by atoms with Crippen molar-refractivity contribution in [3.63, 3.8) is 0 Å². The summed E-state index contributed by atoms with van der Waals surface area (Å²) in [6.45, 7) is 8.48. The molecule has 4 amide bonds. The Kier molecular flexibility index (Phi) is 12.5. The van der Waals surface area contributed by atoms with Crippen LogP contribution >= 0.6 is 0 Å². The highest BCUT2D eigenvalue weighted by Crippen LogP contribution is 2.38. The van der Waals surface area contributed by atoms with Gasteiger partial charge in [0.25, 0.3) is 0 Å². The maximum atomic E-state index is 13.7. The molecule has 1 aromatic heterocycles. The molecular weight excluding hydrogens is 721 g/mol. The zero-order valence-electron chi connectivity index (χ0n) is 31.4. The number of anilines is 1. The van der Waals surface area contributed by atoms with Crippen molar-refractivity contribution in [2.45, 2.75) is 63.7 Å². The number of hydrogen-bond donors (Lipinski definition) is 4. The van der Waals surface area contributed by atoms with Crippen LogP contribution in [0.1, 0.15) is 45.0 Å². The van der Waals surface area contributed by atoms with Gasteiger partial charge in [-0.25, -0.2) is 14.6 Å². The number of piperazine rings is 1. The van der Waals surface area contributed by atoms with Crippen molar-refractivity contribution in [3.8, 4) is 28.1 Å². The molecule has 3 fully saturated rings. The number of aromatic amines is 1. The summed E-state index contributed by atoms with van der Waals surface area (Å²) < 4.78 is 55.6. The number of alkyl carbamates (subject to hydrolysis) is 1. The van der Waals surface area contributed by atoms with E-state index in [9.17, 15) is 27.6 Å². The van der Waals surface area contributed by atoms with Crippen molar-refractivity contribution >= 4 is 23.7 Å². The number of methoxy groups -OCH3 is 2. The standard InChI is InChI=1S/C38H49F3N8O6/c1-23(2)33(46-37(52)54-4)35(50)49-22-28(53-3)20-31(49)34-43-21-30(45-34)25-7-5-24(6-8-25)29-10-9-26(19-32(29)55-38(39,40)41)44-36(51)48-17-15-47(16-18-48)27-11-13-42-14-12-27/h5-10,19,21,23,27-28,31,33,42H,11-18,20,22H2,1-4H3,(H,43,45)(H,44,51)(H,46,52)/t28-,31-,33-/m0/s1. The molecule has 2 aromatic carbocycles. The fourth-order valence-corrected chi connectivity index (χ4v) is 7.54. The highest BCUT2D eigenvalue weighted by molar-refractivity contribution is 5.90. The lowest BCUT2D eigenvalue weighted by molar-refractivity contribution is -0.274. The molecule has 3 aromatic rings. The summed E-state index contributed by atoms with van der Waals surface area (Å²) in [7, 11) is 2.81. The van der Waals surface area contributed by atoms with E-state index >= 15 is 0 Å². The molecule has 3 aliphatic rings. The van der Waals surface area contributed by atoms with Crippen LogP contribution in [0.2, 0.25) is 0 Å². The number of urea groups is 1. The fourth-order valence-electron chi connectivity index (χ4n) is 7.54. The Labute approximate surface area is 318 Å². The van der Waals surface area contributed by atoms with Crippen molar-refractivity contribution in [2.75, 3.05) is 65.3 Å². The van der Waals surface area contributed by atoms with Crippen LogP contribution < -0.4 is 20.7 Å². The van der Waals surface area contributed by atoms with Crippen LogP contribution in [0.4, 0.5) is 28.4 Å². The topological polar surface area (TPSA) is 153 Å². The average Bonchev–Trinajstić information content (AvgIpc) is 3.85. The molecule has 14 nitrogen and oxygen atoms in total. The van der Waals surface area contributed by atoms with E-state index in [2.05, 4.69) is 35.6 Å². The molecule has 298 valence electrons. The average molecular weight is 771 g/mol. The summed E-state index contributed by atoms with van der Waals surface area (Å²) in [5, 5.41) is 8.75. The number of halogens is 3. The molecule has 4 N–H and O–H groups in total. The largest absolute Gasteiger partial charge is 0.573 e. The number of amides is 4. The van der Waals surface area contributed by atoms with Gasteiger partial charge in [-0.15, -0.1) is 13.2 Å². The Hall–Kier alpha value is -4.87. The Morgan fingerprint density at radius 2 is 1.65 bits per heavy atom. The predicted molar refractivity (Wildman–Crippen MR) is 198 cm³/mol. The lowest BCUT2D eigenvalue weighted by atomic mass is 10.0. The third kappa shape index (κ3) is 9.69. The number of piperidine rings is 1. The van der Waals surface area contributed by atoms with Crippen LogP contribution in [0, 0.1) is 5.92 Å². The quantitative estimate of drug-likeness (QED) is 0.218. The molecule has 0 bridgehead atoms. The number of alkyl halides is 3. The second-order valence-corrected chi connectivity index (χ2v) is 14.4. The summed E-state index contributed by atoms with van der Waals surface area (Å²) in [5.74, 6) is -0.431. The summed E-state index contributed by atoms with van der Waals surface area (Å²) in [6, 6.07) is 9.91. The number of carbonyl (C=O) groups excluding carboxylic acids is 3. The van der Waals surface area contributed by atoms with Crippen molar-refractivity contribution in [1.29, 1.82) is 0 Å². The van der Waals surface area contributed by atoms with Gasteiger partial charge in [0.15, 0.2) is 0 Å². The molecule has 3 atom stereocenters. The second kappa shape index (κ2) is 17.3. The van der Waals surface area contributed by atoms with E-state index in [1.807, 2.05) is 13.8 Å². The highest BCUT2D eigenvalue weighted by atomic mass is 19.4. The van der Waals surface area contributed by atoms with Crippen LogP contribution in [0.15, 0.2) is 48.7 Å². The third-order valence-corrected chi connectivity index (χ3v) is 10.6. The number of ether oxygens (including phenoxy) is 3. The number of carbonyl (C=O) groups is 3. The van der Waals surface area contributed by atoms with Crippen molar-refractivity contribution < 1.29 is 41.8 Å². The molecule has 0 saturated carbocycles. The van der Waals surface area contributed by atoms with Gasteiger partial charge in [-0.2, -0.15) is 0 Å². The summed E-state index contributed by atoms with van der Waals surface area (Å²) in [4.78, 5) is 52.4. The van der Waals surface area contributed by atoms with Gasteiger partial charge in [-0.1, -0.05) is 38.1 Å². The van der Waals surface area contributed by atoms with Gasteiger partial charge < -0.3 is 44.9 Å². The van der Waals surface area contributed by atoms with E-state index in [1.54, 1.807) is 53.4 Å². The summed E-state index contributed by atoms with van der Waals surface area (Å²) >= 11 is 0. The first kappa shape index (κ1) is 39.8. The van der Waals surface area contributed by atoms with Crippen molar-refractivity contribution in [1.82, 2.24) is 35.3 Å². The molecule has 4 heterocycles. The predicted octanol–water partition coefficient (Wildman–Crippen LogP) is 5.21. The van der Waals surface area contributed by atoms with Gasteiger partial charge >= 0.3 is 18.5 Å². The number of nitrogens with zero attached hydrogens (tertiary/aromatic N) is 4. The number of imidazole rings is 1. The molecule has 0 unspecified atom stereocenters. The molecular formula is C38H49F3N8O6. The molecule has 3 saturated heterocycles. The van der Waals surface area contributed by atoms with Crippen molar-refractivity contribution in [2.24, 2.45) is 5.92 Å². The number of likely N-dealkylation sites (tertiary alicyclic amines) is 1. The van der Waals surface area contributed by atoms with E-state index in [0.717, 1.165) is 39.0 Å². The van der Waals surface area contributed by atoms with Crippen LogP contribution in [0.5, 0.6) is 5.75 Å². The molecule has 17 heteroatoms. The van der Waals surface area contributed by atoms with Crippen LogP contribution in [0.25, 0.3) is 22.4 Å². The Morgan fingerprint density at radius 3 is 2.29 bits per heavy atom. The number of H-pyrrole nitrogens is 1. The maximum absolute atomic E-state index is 13.7. The Balaban J connectivity index is 1.15. The van der Waals surface area contributed by atoms with Crippen molar-refractivity contribution in [3.05, 3.63) is 54.5 Å². The van der Waals surface area contributed by atoms with E-state index in [1.165, 1.54) is 19.2 Å². The van der Waals surface area contributed by atoms with Crippen LogP contribution in [-0.4, -0.2) is 127 Å². The van der Waals surface area contributed by atoms with Gasteiger partial charge in [-0.05, 0) is 55.1 Å². The number of rotatable bonds is 10. The van der Waals surface area contributed by atoms with E-state index in [0.29, 0.717) is 54.7 Å². The summed E-state index contributed by atoms with van der Waals surface area (Å²) in [6.07, 6.45) is -1.67. The Bertz CT molecular complexity index is 1790. The van der Waals surface area contributed by atoms with Gasteiger partial charge in [0.2, 0.25) is 5.91 Å². The first-order valence-electron chi connectivity index (χ1n) is 18.6. The number of benzene rings is 2. The SMILES string of the molecule is COC(=O)N[C@H](C(=O)N1C[C@@H](OC)C[C@H]1c1ncc(-c2ccc(-c3ccc(NC(=O)N4CCN(C5CCNCC5)CC4)cc3OC(F)(F)F)cc2)[nH]1)C(C)C. The van der Waals surface area contributed by atoms with E-state index in [4.69, 9.17) is 9.47 Å². The summed E-state index contributed by atoms with van der Waals surface area (Å²) in [5.41, 5.74) is 2.17. The first-order valence-corrected chi connectivity index (χ1v) is 18.6. The van der Waals surface area contributed by atoms with Crippen LogP contribution in [0.3, 0.4) is 0 Å². The Morgan fingerprint density at radius 1 is 0.964 bits per heavy atom. The molecule has 3 aliphatic heterocycles. The lowest BCUT2D eigenvalue weighted by Crippen LogP contribution is -2.54. The number of nitrogens with one attached hydrogen (secondary N) is 4. The van der Waals surface area contributed by atoms with Gasteiger partial charge in [-0.3, -0.25) is 9.69 Å². The first-order chi connectivity index (χ1) is 26.3. The molecule has 0 radical (unpaired) electrons. The number of aromatic nitrogens is 2. The van der Waals surface area contributed by atoms with Gasteiger partial charge in [0.1, 0.15) is 17.6 Å².